The summed E-state index contributed by atoms with van der Waals surface area (Å²) in [7, 11) is 3.33. The third-order valence-electron chi connectivity index (χ3n) is 4.25. The monoisotopic (exact) mass is 341 g/mol. The van der Waals surface area contributed by atoms with Gasteiger partial charge in [-0.3, -0.25) is 4.79 Å². The highest BCUT2D eigenvalue weighted by Crippen LogP contribution is 2.31. The van der Waals surface area contributed by atoms with Gasteiger partial charge in [-0.05, 0) is 28.8 Å². The fraction of sp³-hybridized carbons (Fsp3) is 0.350. The third-order valence-corrected chi connectivity index (χ3v) is 4.25. The van der Waals surface area contributed by atoms with E-state index in [1.807, 2.05) is 18.2 Å². The molecule has 25 heavy (non-hydrogen) atoms. The normalized spacial score (nSPS) is 14.3. The molecule has 0 N–H and O–H groups in total. The second kappa shape index (κ2) is 8.25. The van der Waals surface area contributed by atoms with Crippen LogP contribution in [0.15, 0.2) is 42.5 Å². The Morgan fingerprint density at radius 3 is 2.68 bits per heavy atom. The Morgan fingerprint density at radius 1 is 1.04 bits per heavy atom. The standard InChI is InChI=1S/C20H23NO4/c1-23-9-8-21-19-11-17(6-7-18(19)13-25-14-20(21)22)16-5-3-4-15(10-16)12-24-2/h3-7,10-11H,8-9,12-14H2,1-2H3. The Hall–Kier alpha value is -2.21. The number of benzene rings is 2. The van der Waals surface area contributed by atoms with Crippen molar-refractivity contribution in [2.45, 2.75) is 13.2 Å². The highest BCUT2D eigenvalue weighted by molar-refractivity contribution is 5.96. The van der Waals surface area contributed by atoms with Gasteiger partial charge >= 0.3 is 0 Å². The van der Waals surface area contributed by atoms with Crippen LogP contribution in [0.3, 0.4) is 0 Å². The molecule has 0 saturated heterocycles. The lowest BCUT2D eigenvalue weighted by molar-refractivity contribution is -0.123. The van der Waals surface area contributed by atoms with E-state index in [0.29, 0.717) is 26.4 Å². The van der Waals surface area contributed by atoms with E-state index in [2.05, 4.69) is 24.3 Å². The van der Waals surface area contributed by atoms with Crippen LogP contribution in [-0.2, 0) is 32.2 Å². The topological polar surface area (TPSA) is 48.0 Å². The van der Waals surface area contributed by atoms with Gasteiger partial charge in [0.2, 0.25) is 0 Å². The molecule has 0 spiro atoms. The first kappa shape index (κ1) is 17.6. The number of hydrogen-bond acceptors (Lipinski definition) is 4. The maximum absolute atomic E-state index is 12.4. The Morgan fingerprint density at radius 2 is 1.88 bits per heavy atom. The predicted molar refractivity (Wildman–Crippen MR) is 96.5 cm³/mol. The molecule has 0 fully saturated rings. The van der Waals surface area contributed by atoms with Gasteiger partial charge in [-0.1, -0.05) is 30.3 Å². The number of methoxy groups -OCH3 is 2. The molecule has 1 heterocycles. The molecule has 5 nitrogen and oxygen atoms in total. The molecule has 0 aromatic heterocycles. The Kier molecular flexibility index (Phi) is 5.81. The highest BCUT2D eigenvalue weighted by Gasteiger charge is 2.23. The smallest absolute Gasteiger partial charge is 0.253 e. The first-order valence-electron chi connectivity index (χ1n) is 8.31. The molecule has 0 bridgehead atoms. The summed E-state index contributed by atoms with van der Waals surface area (Å²) in [4.78, 5) is 14.2. The minimum atomic E-state index is -0.0407. The molecule has 0 unspecified atom stereocenters. The van der Waals surface area contributed by atoms with Crippen molar-refractivity contribution >= 4 is 11.6 Å². The molecule has 0 atom stereocenters. The van der Waals surface area contributed by atoms with Crippen LogP contribution in [-0.4, -0.2) is 39.9 Å². The van der Waals surface area contributed by atoms with E-state index in [0.717, 1.165) is 27.9 Å². The van der Waals surface area contributed by atoms with Gasteiger partial charge in [-0.2, -0.15) is 0 Å². The number of rotatable bonds is 6. The van der Waals surface area contributed by atoms with E-state index >= 15 is 0 Å². The van der Waals surface area contributed by atoms with Gasteiger partial charge in [0.15, 0.2) is 0 Å². The third kappa shape index (κ3) is 4.07. The lowest BCUT2D eigenvalue weighted by Gasteiger charge is -2.22. The zero-order valence-electron chi connectivity index (χ0n) is 14.7. The maximum atomic E-state index is 12.4. The van der Waals surface area contributed by atoms with Crippen molar-refractivity contribution < 1.29 is 19.0 Å². The lowest BCUT2D eigenvalue weighted by atomic mass is 10.00. The zero-order chi connectivity index (χ0) is 17.6. The number of fused-ring (bicyclic) bond motifs is 1. The van der Waals surface area contributed by atoms with Crippen molar-refractivity contribution in [3.05, 3.63) is 53.6 Å². The van der Waals surface area contributed by atoms with E-state index < -0.39 is 0 Å². The number of ether oxygens (including phenoxy) is 3. The van der Waals surface area contributed by atoms with Gasteiger partial charge in [-0.25, -0.2) is 0 Å². The van der Waals surface area contributed by atoms with Crippen LogP contribution >= 0.6 is 0 Å². The minimum absolute atomic E-state index is 0.0407. The van der Waals surface area contributed by atoms with Crippen LogP contribution in [0.4, 0.5) is 5.69 Å². The fourth-order valence-electron chi connectivity index (χ4n) is 3.01. The van der Waals surface area contributed by atoms with Crippen molar-refractivity contribution in [2.24, 2.45) is 0 Å². The van der Waals surface area contributed by atoms with E-state index in [-0.39, 0.29) is 12.5 Å². The van der Waals surface area contributed by atoms with Crippen LogP contribution in [0.5, 0.6) is 0 Å². The number of carbonyl (C=O) groups is 1. The molecule has 1 aliphatic heterocycles. The van der Waals surface area contributed by atoms with Crippen molar-refractivity contribution in [1.82, 2.24) is 0 Å². The molecule has 3 rings (SSSR count). The van der Waals surface area contributed by atoms with Gasteiger partial charge in [-0.15, -0.1) is 0 Å². The Bertz CT molecular complexity index is 744. The summed E-state index contributed by atoms with van der Waals surface area (Å²) >= 11 is 0. The summed E-state index contributed by atoms with van der Waals surface area (Å²) < 4.78 is 15.9. The molecular formula is C20H23NO4. The molecule has 132 valence electrons. The molecule has 0 aliphatic carbocycles. The van der Waals surface area contributed by atoms with Gasteiger partial charge in [0, 0.05) is 32.0 Å². The molecule has 2 aromatic rings. The van der Waals surface area contributed by atoms with Gasteiger partial charge < -0.3 is 19.1 Å². The summed E-state index contributed by atoms with van der Waals surface area (Å²) in [5, 5.41) is 0. The van der Waals surface area contributed by atoms with Gasteiger partial charge in [0.25, 0.3) is 5.91 Å². The summed E-state index contributed by atoms with van der Waals surface area (Å²) in [6.45, 7) is 2.11. The van der Waals surface area contributed by atoms with Gasteiger partial charge in [0.1, 0.15) is 6.61 Å². The first-order chi connectivity index (χ1) is 12.2. The zero-order valence-corrected chi connectivity index (χ0v) is 14.7. The number of carbonyl (C=O) groups excluding carboxylic acids is 1. The molecule has 1 amide bonds. The molecule has 2 aromatic carbocycles. The maximum Gasteiger partial charge on any atom is 0.253 e. The first-order valence-corrected chi connectivity index (χ1v) is 8.31. The van der Waals surface area contributed by atoms with Gasteiger partial charge in [0.05, 0.1) is 19.8 Å². The summed E-state index contributed by atoms with van der Waals surface area (Å²) in [5.74, 6) is -0.0407. The SMILES string of the molecule is COCCN1C(=O)COCc2ccc(-c3cccc(COC)c3)cc21. The lowest BCUT2D eigenvalue weighted by Crippen LogP contribution is -2.35. The van der Waals surface area contributed by atoms with Crippen molar-refractivity contribution in [3.8, 4) is 11.1 Å². The second-order valence-electron chi connectivity index (χ2n) is 6.01. The van der Waals surface area contributed by atoms with Crippen LogP contribution in [0.25, 0.3) is 11.1 Å². The molecule has 0 saturated carbocycles. The summed E-state index contributed by atoms with van der Waals surface area (Å²) in [6.07, 6.45) is 0. The van der Waals surface area contributed by atoms with Crippen LogP contribution in [0.1, 0.15) is 11.1 Å². The van der Waals surface area contributed by atoms with Crippen LogP contribution in [0, 0.1) is 0 Å². The van der Waals surface area contributed by atoms with Crippen molar-refractivity contribution in [1.29, 1.82) is 0 Å². The second-order valence-corrected chi connectivity index (χ2v) is 6.01. The van der Waals surface area contributed by atoms with E-state index in [1.54, 1.807) is 19.1 Å². The summed E-state index contributed by atoms with van der Waals surface area (Å²) in [6, 6.07) is 14.4. The molecule has 5 heteroatoms. The molecule has 1 aliphatic rings. The van der Waals surface area contributed by atoms with Crippen LogP contribution < -0.4 is 4.90 Å². The number of nitrogens with zero attached hydrogens (tertiary/aromatic N) is 1. The van der Waals surface area contributed by atoms with Crippen LogP contribution in [0.2, 0.25) is 0 Å². The van der Waals surface area contributed by atoms with E-state index in [4.69, 9.17) is 14.2 Å². The minimum Gasteiger partial charge on any atom is -0.383 e. The number of amides is 1. The highest BCUT2D eigenvalue weighted by atomic mass is 16.5. The number of anilines is 1. The molecule has 0 radical (unpaired) electrons. The largest absolute Gasteiger partial charge is 0.383 e. The Balaban J connectivity index is 1.98. The van der Waals surface area contributed by atoms with E-state index in [1.165, 1.54) is 0 Å². The molecular weight excluding hydrogens is 318 g/mol. The van der Waals surface area contributed by atoms with Crippen molar-refractivity contribution in [3.63, 3.8) is 0 Å². The quantitative estimate of drug-likeness (QED) is 0.810. The Labute approximate surface area is 148 Å². The summed E-state index contributed by atoms with van der Waals surface area (Å²) in [5.41, 5.74) is 5.19. The average Bonchev–Trinajstić information content (AvgIpc) is 2.78. The van der Waals surface area contributed by atoms with Crippen molar-refractivity contribution in [2.75, 3.05) is 38.9 Å². The predicted octanol–water partition coefficient (Wildman–Crippen LogP) is 3.01. The fourth-order valence-corrected chi connectivity index (χ4v) is 3.01. The van der Waals surface area contributed by atoms with E-state index in [9.17, 15) is 4.79 Å². The number of hydrogen-bond donors (Lipinski definition) is 0. The average molecular weight is 341 g/mol.